The van der Waals surface area contributed by atoms with Gasteiger partial charge in [-0.3, -0.25) is 4.90 Å². The molecule has 1 saturated carbocycles. The van der Waals surface area contributed by atoms with E-state index in [4.69, 9.17) is 0 Å². The standard InChI is InChI=1S/C17H22F4N2.ClH/c18-14-7-3-6-13(17(19,20)21)15(14)16(12-4-1-2-5-12)23-10-8-22-9-11-23;/h3,6-7,12,16,22H,1-2,4-5,8-11H2;1H/t16-;/m0./s1. The zero-order valence-corrected chi connectivity index (χ0v) is 14.2. The molecule has 24 heavy (non-hydrogen) atoms. The molecule has 1 atom stereocenters. The Balaban J connectivity index is 0.00000208. The van der Waals surface area contributed by atoms with Gasteiger partial charge < -0.3 is 5.32 Å². The monoisotopic (exact) mass is 366 g/mol. The normalized spacial score (nSPS) is 21.5. The van der Waals surface area contributed by atoms with Crippen LogP contribution in [0, 0.1) is 11.7 Å². The van der Waals surface area contributed by atoms with Gasteiger partial charge in [0.25, 0.3) is 0 Å². The SMILES string of the molecule is Cl.Fc1cccc(C(F)(F)F)c1[C@H](C1CCCC1)N1CCNCC1. The van der Waals surface area contributed by atoms with Crippen molar-refractivity contribution in [1.82, 2.24) is 10.2 Å². The highest BCUT2D eigenvalue weighted by atomic mass is 35.5. The van der Waals surface area contributed by atoms with E-state index in [-0.39, 0.29) is 23.9 Å². The fraction of sp³-hybridized carbons (Fsp3) is 0.647. The molecule has 0 bridgehead atoms. The molecule has 0 aromatic heterocycles. The van der Waals surface area contributed by atoms with Gasteiger partial charge in [0, 0.05) is 37.8 Å². The summed E-state index contributed by atoms with van der Waals surface area (Å²) in [6.07, 6.45) is -0.741. The largest absolute Gasteiger partial charge is 0.416 e. The van der Waals surface area contributed by atoms with Crippen molar-refractivity contribution in [3.05, 3.63) is 35.1 Å². The number of piperazine rings is 1. The number of nitrogens with one attached hydrogen (secondary N) is 1. The molecular formula is C17H23ClF4N2. The Bertz CT molecular complexity index is 538. The lowest BCUT2D eigenvalue weighted by molar-refractivity contribution is -0.139. The van der Waals surface area contributed by atoms with Crippen LogP contribution in [0.4, 0.5) is 17.6 Å². The molecular weight excluding hydrogens is 344 g/mol. The predicted octanol–water partition coefficient (Wildman–Crippen LogP) is 4.40. The van der Waals surface area contributed by atoms with Crippen molar-refractivity contribution in [2.24, 2.45) is 5.92 Å². The number of hydrogen-bond acceptors (Lipinski definition) is 2. The van der Waals surface area contributed by atoms with E-state index in [1.54, 1.807) is 0 Å². The quantitative estimate of drug-likeness (QED) is 0.797. The predicted molar refractivity (Wildman–Crippen MR) is 87.8 cm³/mol. The van der Waals surface area contributed by atoms with Gasteiger partial charge in [0.15, 0.2) is 0 Å². The smallest absolute Gasteiger partial charge is 0.314 e. The van der Waals surface area contributed by atoms with Crippen molar-refractivity contribution in [3.63, 3.8) is 0 Å². The third-order valence-electron chi connectivity index (χ3n) is 5.05. The van der Waals surface area contributed by atoms with E-state index < -0.39 is 23.6 Å². The molecule has 1 heterocycles. The summed E-state index contributed by atoms with van der Waals surface area (Å²) in [5, 5.41) is 3.21. The Hall–Kier alpha value is -0.850. The third-order valence-corrected chi connectivity index (χ3v) is 5.05. The zero-order valence-electron chi connectivity index (χ0n) is 13.4. The minimum atomic E-state index is -4.53. The minimum Gasteiger partial charge on any atom is -0.314 e. The van der Waals surface area contributed by atoms with E-state index in [1.165, 1.54) is 0 Å². The van der Waals surface area contributed by atoms with Gasteiger partial charge in [0.05, 0.1) is 5.56 Å². The summed E-state index contributed by atoms with van der Waals surface area (Å²) in [6, 6.07) is 2.86. The molecule has 1 aliphatic carbocycles. The van der Waals surface area contributed by atoms with E-state index in [2.05, 4.69) is 5.32 Å². The van der Waals surface area contributed by atoms with Gasteiger partial charge in [-0.15, -0.1) is 12.4 Å². The first-order valence-corrected chi connectivity index (χ1v) is 8.29. The maximum absolute atomic E-state index is 14.5. The van der Waals surface area contributed by atoms with Crippen LogP contribution in [0.1, 0.15) is 42.9 Å². The van der Waals surface area contributed by atoms with Gasteiger partial charge in [-0.25, -0.2) is 4.39 Å². The molecule has 0 amide bonds. The van der Waals surface area contributed by atoms with E-state index in [0.29, 0.717) is 13.1 Å². The van der Waals surface area contributed by atoms with Crippen LogP contribution in [0.5, 0.6) is 0 Å². The number of hydrogen-bond donors (Lipinski definition) is 1. The molecule has 2 aliphatic rings. The van der Waals surface area contributed by atoms with Crippen molar-refractivity contribution in [2.45, 2.75) is 37.9 Å². The molecule has 136 valence electrons. The molecule has 7 heteroatoms. The van der Waals surface area contributed by atoms with Crippen molar-refractivity contribution in [2.75, 3.05) is 26.2 Å². The van der Waals surface area contributed by atoms with Crippen molar-refractivity contribution in [3.8, 4) is 0 Å². The topological polar surface area (TPSA) is 15.3 Å². The first-order valence-electron chi connectivity index (χ1n) is 8.29. The zero-order chi connectivity index (χ0) is 16.4. The van der Waals surface area contributed by atoms with Crippen molar-refractivity contribution in [1.29, 1.82) is 0 Å². The fourth-order valence-corrected chi connectivity index (χ4v) is 4.03. The summed E-state index contributed by atoms with van der Waals surface area (Å²) in [5.41, 5.74) is -0.957. The molecule has 2 nitrogen and oxygen atoms in total. The number of alkyl halides is 3. The van der Waals surface area contributed by atoms with Crippen LogP contribution in [0.15, 0.2) is 18.2 Å². The summed E-state index contributed by atoms with van der Waals surface area (Å²) >= 11 is 0. The summed E-state index contributed by atoms with van der Waals surface area (Å²) in [6.45, 7) is 2.79. The van der Waals surface area contributed by atoms with Gasteiger partial charge in [0.1, 0.15) is 5.82 Å². The Morgan fingerprint density at radius 1 is 1.08 bits per heavy atom. The highest BCUT2D eigenvalue weighted by molar-refractivity contribution is 5.85. The molecule has 1 saturated heterocycles. The van der Waals surface area contributed by atoms with E-state index in [1.807, 2.05) is 4.90 Å². The summed E-state index contributed by atoms with van der Waals surface area (Å²) in [4.78, 5) is 2.04. The second kappa shape index (κ2) is 8.02. The lowest BCUT2D eigenvalue weighted by Gasteiger charge is -2.39. The Morgan fingerprint density at radius 3 is 2.29 bits per heavy atom. The molecule has 1 aromatic carbocycles. The average Bonchev–Trinajstić information content (AvgIpc) is 3.03. The van der Waals surface area contributed by atoms with Crippen LogP contribution in [0.3, 0.4) is 0 Å². The maximum atomic E-state index is 14.5. The van der Waals surface area contributed by atoms with Gasteiger partial charge in [0.2, 0.25) is 0 Å². The van der Waals surface area contributed by atoms with Crippen LogP contribution in [-0.2, 0) is 6.18 Å². The van der Waals surface area contributed by atoms with Gasteiger partial charge in [-0.2, -0.15) is 13.2 Å². The van der Waals surface area contributed by atoms with Gasteiger partial charge >= 0.3 is 6.18 Å². The Kier molecular flexibility index (Phi) is 6.51. The second-order valence-electron chi connectivity index (χ2n) is 6.47. The highest BCUT2D eigenvalue weighted by Crippen LogP contribution is 2.45. The van der Waals surface area contributed by atoms with E-state index in [9.17, 15) is 17.6 Å². The maximum Gasteiger partial charge on any atom is 0.416 e. The third kappa shape index (κ3) is 4.03. The molecule has 0 unspecified atom stereocenters. The molecule has 0 spiro atoms. The highest BCUT2D eigenvalue weighted by Gasteiger charge is 2.41. The van der Waals surface area contributed by atoms with Crippen LogP contribution in [0.2, 0.25) is 0 Å². The molecule has 2 fully saturated rings. The van der Waals surface area contributed by atoms with Crippen molar-refractivity contribution >= 4 is 12.4 Å². The molecule has 1 aromatic rings. The first-order chi connectivity index (χ1) is 11.0. The number of halogens is 5. The Morgan fingerprint density at radius 2 is 1.71 bits per heavy atom. The fourth-order valence-electron chi connectivity index (χ4n) is 4.03. The summed E-state index contributed by atoms with van der Waals surface area (Å²) in [7, 11) is 0. The lowest BCUT2D eigenvalue weighted by Crippen LogP contribution is -2.47. The van der Waals surface area contributed by atoms with Crippen LogP contribution < -0.4 is 5.32 Å². The molecule has 3 rings (SSSR count). The van der Waals surface area contributed by atoms with E-state index >= 15 is 0 Å². The van der Waals surface area contributed by atoms with Crippen LogP contribution in [0.25, 0.3) is 0 Å². The summed E-state index contributed by atoms with van der Waals surface area (Å²) in [5.74, 6) is -0.624. The molecule has 1 N–H and O–H groups in total. The Labute approximate surface area is 146 Å². The first kappa shape index (κ1) is 19.5. The second-order valence-corrected chi connectivity index (χ2v) is 6.47. The van der Waals surface area contributed by atoms with Crippen LogP contribution in [-0.4, -0.2) is 31.1 Å². The van der Waals surface area contributed by atoms with Crippen molar-refractivity contribution < 1.29 is 17.6 Å². The van der Waals surface area contributed by atoms with E-state index in [0.717, 1.165) is 57.0 Å². The average molecular weight is 367 g/mol. The minimum absolute atomic E-state index is 0. The number of benzene rings is 1. The molecule has 0 radical (unpaired) electrons. The lowest BCUT2D eigenvalue weighted by atomic mass is 9.86. The number of nitrogens with zero attached hydrogens (tertiary/aromatic N) is 1. The van der Waals surface area contributed by atoms with Gasteiger partial charge in [-0.1, -0.05) is 18.9 Å². The van der Waals surface area contributed by atoms with Crippen LogP contribution >= 0.6 is 12.4 Å². The number of rotatable bonds is 3. The van der Waals surface area contributed by atoms with Gasteiger partial charge in [-0.05, 0) is 30.9 Å². The summed E-state index contributed by atoms with van der Waals surface area (Å²) < 4.78 is 54.8. The molecule has 1 aliphatic heterocycles.